The highest BCUT2D eigenvalue weighted by Crippen LogP contribution is 2.36. The van der Waals surface area contributed by atoms with Gasteiger partial charge in [-0.15, -0.1) is 0 Å². The van der Waals surface area contributed by atoms with Crippen LogP contribution in [0.2, 0.25) is 0 Å². The fraction of sp³-hybridized carbons (Fsp3) is 0.364. The first kappa shape index (κ1) is 22.7. The molecule has 1 atom stereocenters. The molecule has 1 unspecified atom stereocenters. The molecule has 0 bridgehead atoms. The van der Waals surface area contributed by atoms with Crippen LogP contribution in [-0.4, -0.2) is 68.3 Å². The van der Waals surface area contributed by atoms with Crippen molar-refractivity contribution in [2.75, 3.05) is 19.7 Å². The number of rotatable bonds is 3. The van der Waals surface area contributed by atoms with Gasteiger partial charge in [0.25, 0.3) is 5.91 Å². The standard InChI is InChI=1S/C22H18F3N5O5/c23-22(24,25)15-7-13(12-3-6-34-10-12)9-29-16(8-26)18(27-19(15)29)20(32)28-4-1-14(2-5-28)30-17(31)11-35-21(30)33/h3,6-7,9-10,14,17,31H,1-2,4-5,11H2. The Labute approximate surface area is 195 Å². The molecule has 2 aliphatic rings. The molecule has 35 heavy (non-hydrogen) atoms. The summed E-state index contributed by atoms with van der Waals surface area (Å²) in [6.45, 7) is 0.184. The lowest BCUT2D eigenvalue weighted by molar-refractivity contribution is -0.136. The number of ether oxygens (including phenoxy) is 1. The van der Waals surface area contributed by atoms with Crippen molar-refractivity contribution in [3.8, 4) is 17.2 Å². The molecule has 0 saturated carbocycles. The van der Waals surface area contributed by atoms with E-state index in [-0.39, 0.29) is 42.7 Å². The molecule has 5 rings (SSSR count). The number of cyclic esters (lactones) is 1. The van der Waals surface area contributed by atoms with Crippen molar-refractivity contribution >= 4 is 17.6 Å². The molecule has 3 aromatic heterocycles. The summed E-state index contributed by atoms with van der Waals surface area (Å²) in [5.41, 5.74) is -1.84. The Hall–Kier alpha value is -4.05. The number of nitrogens with zero attached hydrogens (tertiary/aromatic N) is 5. The second-order valence-electron chi connectivity index (χ2n) is 8.25. The molecule has 13 heteroatoms. The molecule has 3 aromatic rings. The van der Waals surface area contributed by atoms with E-state index in [0.29, 0.717) is 18.4 Å². The molecule has 5 heterocycles. The number of aromatic nitrogens is 2. The van der Waals surface area contributed by atoms with Gasteiger partial charge >= 0.3 is 12.3 Å². The number of fused-ring (bicyclic) bond motifs is 1. The number of amides is 2. The van der Waals surface area contributed by atoms with Crippen LogP contribution in [0, 0.1) is 11.3 Å². The summed E-state index contributed by atoms with van der Waals surface area (Å²) in [5.74, 6) is -0.689. The summed E-state index contributed by atoms with van der Waals surface area (Å²) in [4.78, 5) is 31.6. The molecule has 0 spiro atoms. The molecule has 10 nitrogen and oxygen atoms in total. The van der Waals surface area contributed by atoms with Crippen LogP contribution in [-0.2, 0) is 10.9 Å². The number of aliphatic hydroxyl groups is 1. The number of imidazole rings is 1. The van der Waals surface area contributed by atoms with Crippen LogP contribution >= 0.6 is 0 Å². The first-order chi connectivity index (χ1) is 16.7. The number of aliphatic hydroxyl groups excluding tert-OH is 1. The number of alkyl halides is 3. The fourth-order valence-corrected chi connectivity index (χ4v) is 4.51. The third-order valence-corrected chi connectivity index (χ3v) is 6.22. The summed E-state index contributed by atoms with van der Waals surface area (Å²) in [6.07, 6.45) is -1.95. The highest BCUT2D eigenvalue weighted by molar-refractivity contribution is 5.95. The summed E-state index contributed by atoms with van der Waals surface area (Å²) in [6, 6.07) is 3.84. The molecular weight excluding hydrogens is 471 g/mol. The maximum absolute atomic E-state index is 13.9. The van der Waals surface area contributed by atoms with Crippen LogP contribution in [0.1, 0.15) is 34.6 Å². The van der Waals surface area contributed by atoms with Crippen molar-refractivity contribution in [2.45, 2.75) is 31.3 Å². The number of furan rings is 1. The predicted octanol–water partition coefficient (Wildman–Crippen LogP) is 2.86. The topological polar surface area (TPSA) is 124 Å². The first-order valence-corrected chi connectivity index (χ1v) is 10.7. The molecule has 2 amide bonds. The Kier molecular flexibility index (Phi) is 5.40. The van der Waals surface area contributed by atoms with Gasteiger partial charge in [-0.1, -0.05) is 0 Å². The number of hydrogen-bond donors (Lipinski definition) is 1. The average Bonchev–Trinajstić information content (AvgIpc) is 3.56. The van der Waals surface area contributed by atoms with Crippen LogP contribution in [0.25, 0.3) is 16.8 Å². The maximum Gasteiger partial charge on any atom is 0.420 e. The molecule has 2 saturated heterocycles. The van der Waals surface area contributed by atoms with Crippen LogP contribution in [0.3, 0.4) is 0 Å². The second kappa shape index (κ2) is 8.31. The van der Waals surface area contributed by atoms with Crippen molar-refractivity contribution in [3.63, 3.8) is 0 Å². The van der Waals surface area contributed by atoms with Gasteiger partial charge in [-0.05, 0) is 25.0 Å². The van der Waals surface area contributed by atoms with Gasteiger partial charge in [-0.25, -0.2) is 9.78 Å². The molecule has 0 aromatic carbocycles. The van der Waals surface area contributed by atoms with Gasteiger partial charge in [0.1, 0.15) is 12.7 Å². The zero-order chi connectivity index (χ0) is 24.9. The van der Waals surface area contributed by atoms with E-state index in [0.717, 1.165) is 10.5 Å². The van der Waals surface area contributed by atoms with Crippen LogP contribution in [0.5, 0.6) is 0 Å². The second-order valence-corrected chi connectivity index (χ2v) is 8.25. The quantitative estimate of drug-likeness (QED) is 0.600. The molecule has 0 radical (unpaired) electrons. The monoisotopic (exact) mass is 489 g/mol. The van der Waals surface area contributed by atoms with Crippen LogP contribution in [0.4, 0.5) is 18.0 Å². The van der Waals surface area contributed by atoms with E-state index < -0.39 is 35.6 Å². The Morgan fingerprint density at radius 3 is 2.57 bits per heavy atom. The van der Waals surface area contributed by atoms with Gasteiger partial charge in [0.2, 0.25) is 0 Å². The number of piperidine rings is 1. The van der Waals surface area contributed by atoms with Crippen molar-refractivity contribution < 1.29 is 37.0 Å². The van der Waals surface area contributed by atoms with E-state index in [9.17, 15) is 33.1 Å². The number of likely N-dealkylation sites (tertiary alicyclic amines) is 1. The van der Waals surface area contributed by atoms with E-state index in [2.05, 4.69) is 4.98 Å². The van der Waals surface area contributed by atoms with Crippen LogP contribution < -0.4 is 0 Å². The molecule has 0 aliphatic carbocycles. The van der Waals surface area contributed by atoms with Crippen molar-refractivity contribution in [2.24, 2.45) is 0 Å². The van der Waals surface area contributed by atoms with Gasteiger partial charge in [-0.3, -0.25) is 14.1 Å². The van der Waals surface area contributed by atoms with Crippen molar-refractivity contribution in [3.05, 3.63) is 47.8 Å². The summed E-state index contributed by atoms with van der Waals surface area (Å²) >= 11 is 0. The van der Waals surface area contributed by atoms with E-state index in [1.165, 1.54) is 34.6 Å². The number of pyridine rings is 1. The van der Waals surface area contributed by atoms with Gasteiger partial charge in [0.15, 0.2) is 23.3 Å². The van der Waals surface area contributed by atoms with Crippen LogP contribution in [0.15, 0.2) is 35.3 Å². The molecule has 2 fully saturated rings. The van der Waals surface area contributed by atoms with E-state index in [4.69, 9.17) is 9.15 Å². The Morgan fingerprint density at radius 2 is 2.00 bits per heavy atom. The lowest BCUT2D eigenvalue weighted by atomic mass is 10.0. The number of hydrogen-bond acceptors (Lipinski definition) is 7. The summed E-state index contributed by atoms with van der Waals surface area (Å²) in [5, 5.41) is 19.7. The molecule has 2 aliphatic heterocycles. The van der Waals surface area contributed by atoms with E-state index >= 15 is 0 Å². The first-order valence-electron chi connectivity index (χ1n) is 10.7. The zero-order valence-electron chi connectivity index (χ0n) is 18.0. The molecular formula is C22H18F3N5O5. The molecule has 1 N–H and O–H groups in total. The highest BCUT2D eigenvalue weighted by atomic mass is 19.4. The minimum Gasteiger partial charge on any atom is -0.472 e. The minimum atomic E-state index is -4.79. The highest BCUT2D eigenvalue weighted by Gasteiger charge is 2.40. The number of carbonyl (C=O) groups excluding carboxylic acids is 2. The van der Waals surface area contributed by atoms with Crippen molar-refractivity contribution in [1.82, 2.24) is 19.2 Å². The predicted molar refractivity (Wildman–Crippen MR) is 111 cm³/mol. The van der Waals surface area contributed by atoms with Gasteiger partial charge in [-0.2, -0.15) is 18.4 Å². The Bertz CT molecular complexity index is 1340. The summed E-state index contributed by atoms with van der Waals surface area (Å²) < 4.78 is 52.4. The number of carbonyl (C=O) groups is 2. The minimum absolute atomic E-state index is 0.132. The van der Waals surface area contributed by atoms with Crippen molar-refractivity contribution in [1.29, 1.82) is 5.26 Å². The normalized spacial score (nSPS) is 19.3. The van der Waals surface area contributed by atoms with E-state index in [1.807, 2.05) is 6.07 Å². The lowest BCUT2D eigenvalue weighted by Crippen LogP contribution is -2.49. The summed E-state index contributed by atoms with van der Waals surface area (Å²) in [7, 11) is 0. The van der Waals surface area contributed by atoms with Gasteiger partial charge in [0.05, 0.1) is 18.1 Å². The smallest absolute Gasteiger partial charge is 0.420 e. The molecule has 182 valence electrons. The third-order valence-electron chi connectivity index (χ3n) is 6.22. The third kappa shape index (κ3) is 3.85. The Balaban J connectivity index is 1.48. The van der Waals surface area contributed by atoms with E-state index in [1.54, 1.807) is 0 Å². The average molecular weight is 489 g/mol. The maximum atomic E-state index is 13.9. The fourth-order valence-electron chi connectivity index (χ4n) is 4.51. The number of nitriles is 1. The van der Waals surface area contributed by atoms with Gasteiger partial charge in [0, 0.05) is 36.5 Å². The zero-order valence-corrected chi connectivity index (χ0v) is 18.0. The lowest BCUT2D eigenvalue weighted by Gasteiger charge is -2.36. The largest absolute Gasteiger partial charge is 0.472 e. The van der Waals surface area contributed by atoms with Gasteiger partial charge < -0.3 is 19.2 Å². The SMILES string of the molecule is N#Cc1c(C(=O)N2CCC(N3C(=O)OCC3O)CC2)nc2c(C(F)(F)F)cc(-c3ccoc3)cn12. The number of halogens is 3. The Morgan fingerprint density at radius 1 is 1.26 bits per heavy atom.